The first-order valence-corrected chi connectivity index (χ1v) is 4.44. The van der Waals surface area contributed by atoms with E-state index in [1.54, 1.807) is 0 Å². The molecule has 2 fully saturated rings. The molecule has 1 amide bonds. The zero-order chi connectivity index (χ0) is 8.84. The summed E-state index contributed by atoms with van der Waals surface area (Å²) in [5.41, 5.74) is 1.86. The molecular formula is C9H10N2O2. The van der Waals surface area contributed by atoms with Gasteiger partial charge in [-0.05, 0) is 6.42 Å². The van der Waals surface area contributed by atoms with Gasteiger partial charge in [0.25, 0.3) is 5.91 Å². The highest BCUT2D eigenvalue weighted by Gasteiger charge is 2.35. The van der Waals surface area contributed by atoms with Crippen molar-refractivity contribution in [2.45, 2.75) is 12.5 Å². The fraction of sp³-hybridized carbons (Fsp3) is 0.444. The second-order valence-electron chi connectivity index (χ2n) is 3.42. The van der Waals surface area contributed by atoms with E-state index in [9.17, 15) is 4.79 Å². The van der Waals surface area contributed by atoms with Crippen LogP contribution in [0.25, 0.3) is 0 Å². The van der Waals surface area contributed by atoms with E-state index in [1.807, 2.05) is 6.08 Å². The summed E-state index contributed by atoms with van der Waals surface area (Å²) in [5, 5.41) is 6.02. The van der Waals surface area contributed by atoms with Gasteiger partial charge >= 0.3 is 0 Å². The SMILES string of the molecule is O=C1NCC2=C3OCNC3CC=C12. The lowest BCUT2D eigenvalue weighted by atomic mass is 9.95. The minimum Gasteiger partial charge on any atom is -0.481 e. The number of fused-ring (bicyclic) bond motifs is 2. The summed E-state index contributed by atoms with van der Waals surface area (Å²) >= 11 is 0. The summed E-state index contributed by atoms with van der Waals surface area (Å²) in [6, 6.07) is 0.298. The first-order chi connectivity index (χ1) is 6.36. The molecule has 4 nitrogen and oxygen atoms in total. The molecule has 0 aromatic heterocycles. The van der Waals surface area contributed by atoms with Crippen LogP contribution in [0.1, 0.15) is 6.42 Å². The Morgan fingerprint density at radius 2 is 2.46 bits per heavy atom. The van der Waals surface area contributed by atoms with Gasteiger partial charge in [0.15, 0.2) is 0 Å². The summed E-state index contributed by atoms with van der Waals surface area (Å²) in [7, 11) is 0. The lowest BCUT2D eigenvalue weighted by Crippen LogP contribution is -2.24. The van der Waals surface area contributed by atoms with Crippen molar-refractivity contribution >= 4 is 5.91 Å². The van der Waals surface area contributed by atoms with Crippen LogP contribution in [0.2, 0.25) is 0 Å². The molecule has 1 unspecified atom stereocenters. The van der Waals surface area contributed by atoms with Crippen LogP contribution in [-0.4, -0.2) is 25.2 Å². The fourth-order valence-electron chi connectivity index (χ4n) is 2.07. The van der Waals surface area contributed by atoms with Gasteiger partial charge in [-0.1, -0.05) is 6.08 Å². The Kier molecular flexibility index (Phi) is 1.29. The summed E-state index contributed by atoms with van der Waals surface area (Å²) in [6.45, 7) is 1.19. The molecule has 0 saturated carbocycles. The van der Waals surface area contributed by atoms with Crippen LogP contribution in [-0.2, 0) is 9.53 Å². The van der Waals surface area contributed by atoms with E-state index in [1.165, 1.54) is 0 Å². The Morgan fingerprint density at radius 1 is 1.54 bits per heavy atom. The number of amides is 1. The van der Waals surface area contributed by atoms with Crippen molar-refractivity contribution < 1.29 is 9.53 Å². The number of ether oxygens (including phenoxy) is 1. The first kappa shape index (κ1) is 7.15. The summed E-state index contributed by atoms with van der Waals surface area (Å²) in [6.07, 6.45) is 2.86. The smallest absolute Gasteiger partial charge is 0.251 e. The van der Waals surface area contributed by atoms with Crippen LogP contribution in [0.5, 0.6) is 0 Å². The van der Waals surface area contributed by atoms with E-state index in [2.05, 4.69) is 10.6 Å². The fourth-order valence-corrected chi connectivity index (χ4v) is 2.07. The minimum absolute atomic E-state index is 0.0384. The number of rotatable bonds is 0. The molecule has 2 aliphatic heterocycles. The number of nitrogens with one attached hydrogen (secondary N) is 2. The van der Waals surface area contributed by atoms with Gasteiger partial charge in [0, 0.05) is 17.7 Å². The van der Waals surface area contributed by atoms with Crippen LogP contribution in [0.3, 0.4) is 0 Å². The molecule has 2 heterocycles. The van der Waals surface area contributed by atoms with Gasteiger partial charge in [0.2, 0.25) is 0 Å². The Balaban J connectivity index is 2.09. The molecule has 1 atom stereocenters. The second kappa shape index (κ2) is 2.35. The molecule has 3 rings (SSSR count). The summed E-state index contributed by atoms with van der Waals surface area (Å²) in [4.78, 5) is 11.3. The van der Waals surface area contributed by atoms with Crippen molar-refractivity contribution in [3.63, 3.8) is 0 Å². The maximum atomic E-state index is 11.3. The molecule has 68 valence electrons. The average molecular weight is 178 g/mol. The summed E-state index contributed by atoms with van der Waals surface area (Å²) in [5.74, 6) is 1.01. The Morgan fingerprint density at radius 3 is 3.38 bits per heavy atom. The van der Waals surface area contributed by atoms with Crippen molar-refractivity contribution in [3.8, 4) is 0 Å². The van der Waals surface area contributed by atoms with Crippen LogP contribution < -0.4 is 10.6 Å². The monoisotopic (exact) mass is 178 g/mol. The van der Waals surface area contributed by atoms with Crippen molar-refractivity contribution in [3.05, 3.63) is 23.0 Å². The summed E-state index contributed by atoms with van der Waals surface area (Å²) < 4.78 is 5.45. The lowest BCUT2D eigenvalue weighted by molar-refractivity contribution is -0.116. The molecule has 0 aromatic carbocycles. The van der Waals surface area contributed by atoms with E-state index in [0.717, 1.165) is 23.3 Å². The molecular weight excluding hydrogens is 168 g/mol. The van der Waals surface area contributed by atoms with Gasteiger partial charge in [-0.15, -0.1) is 0 Å². The third kappa shape index (κ3) is 0.862. The van der Waals surface area contributed by atoms with E-state index in [0.29, 0.717) is 19.3 Å². The topological polar surface area (TPSA) is 50.4 Å². The maximum absolute atomic E-state index is 11.3. The van der Waals surface area contributed by atoms with Crippen LogP contribution in [0.15, 0.2) is 23.0 Å². The molecule has 13 heavy (non-hydrogen) atoms. The molecule has 0 radical (unpaired) electrons. The Hall–Kier alpha value is -1.29. The average Bonchev–Trinajstić information content (AvgIpc) is 2.70. The van der Waals surface area contributed by atoms with E-state index < -0.39 is 0 Å². The van der Waals surface area contributed by atoms with Crippen molar-refractivity contribution in [2.24, 2.45) is 0 Å². The largest absolute Gasteiger partial charge is 0.481 e. The number of hydrogen-bond donors (Lipinski definition) is 2. The first-order valence-electron chi connectivity index (χ1n) is 4.44. The third-order valence-corrected chi connectivity index (χ3v) is 2.72. The predicted molar refractivity (Wildman–Crippen MR) is 45.6 cm³/mol. The van der Waals surface area contributed by atoms with Crippen molar-refractivity contribution in [1.29, 1.82) is 0 Å². The molecule has 4 heteroatoms. The standard InChI is InChI=1S/C9H10N2O2/c12-9-5-1-2-7-8(13-4-11-7)6(5)3-10-9/h1,7,11H,2-4H2,(H,10,12). The van der Waals surface area contributed by atoms with Crippen LogP contribution in [0.4, 0.5) is 0 Å². The van der Waals surface area contributed by atoms with E-state index in [-0.39, 0.29) is 5.91 Å². The van der Waals surface area contributed by atoms with Gasteiger partial charge in [0.1, 0.15) is 12.5 Å². The molecule has 3 aliphatic rings. The molecule has 1 aliphatic carbocycles. The quantitative estimate of drug-likeness (QED) is 0.533. The van der Waals surface area contributed by atoms with Crippen LogP contribution >= 0.6 is 0 Å². The van der Waals surface area contributed by atoms with Gasteiger partial charge in [-0.2, -0.15) is 0 Å². The van der Waals surface area contributed by atoms with E-state index in [4.69, 9.17) is 4.74 Å². The number of carbonyl (C=O) groups is 1. The zero-order valence-corrected chi connectivity index (χ0v) is 7.09. The predicted octanol–water partition coefficient (Wildman–Crippen LogP) is -0.354. The highest BCUT2D eigenvalue weighted by Crippen LogP contribution is 2.31. The van der Waals surface area contributed by atoms with Gasteiger partial charge < -0.3 is 10.1 Å². The number of carbonyl (C=O) groups excluding carboxylic acids is 1. The molecule has 0 bridgehead atoms. The second-order valence-corrected chi connectivity index (χ2v) is 3.42. The van der Waals surface area contributed by atoms with Gasteiger partial charge in [0.05, 0.1) is 6.04 Å². The highest BCUT2D eigenvalue weighted by molar-refractivity contribution is 6.01. The third-order valence-electron chi connectivity index (χ3n) is 2.72. The van der Waals surface area contributed by atoms with Crippen molar-refractivity contribution in [2.75, 3.05) is 13.3 Å². The Labute approximate surface area is 75.6 Å². The van der Waals surface area contributed by atoms with Gasteiger partial charge in [-0.3, -0.25) is 10.1 Å². The van der Waals surface area contributed by atoms with E-state index >= 15 is 0 Å². The molecule has 2 N–H and O–H groups in total. The zero-order valence-electron chi connectivity index (χ0n) is 7.09. The number of hydrogen-bond acceptors (Lipinski definition) is 3. The molecule has 2 saturated heterocycles. The molecule has 0 spiro atoms. The van der Waals surface area contributed by atoms with Crippen LogP contribution in [0, 0.1) is 0 Å². The Bertz CT molecular complexity index is 344. The van der Waals surface area contributed by atoms with Crippen molar-refractivity contribution in [1.82, 2.24) is 10.6 Å². The van der Waals surface area contributed by atoms with Gasteiger partial charge in [-0.25, -0.2) is 0 Å². The maximum Gasteiger partial charge on any atom is 0.251 e. The molecule has 0 aromatic rings. The lowest BCUT2D eigenvalue weighted by Gasteiger charge is -2.15. The highest BCUT2D eigenvalue weighted by atomic mass is 16.5. The minimum atomic E-state index is 0.0384. The normalized spacial score (nSPS) is 30.6.